The van der Waals surface area contributed by atoms with Crippen molar-refractivity contribution in [1.29, 1.82) is 0 Å². The summed E-state index contributed by atoms with van der Waals surface area (Å²) in [5.74, 6) is 0.310. The number of hydrogen-bond donors (Lipinski definition) is 2. The number of nitrogens with zero attached hydrogens (tertiary/aromatic N) is 6. The molecule has 4 aromatic rings. The maximum absolute atomic E-state index is 16.2. The molecule has 0 radical (unpaired) electrons. The number of pyridine rings is 1. The average Bonchev–Trinajstić information content (AvgIpc) is 3.21. The minimum absolute atomic E-state index is 0.0184. The molecule has 5 rings (SSSR count). The van der Waals surface area contributed by atoms with Crippen LogP contribution in [0.25, 0.3) is 21.9 Å². The molecule has 2 amide bonds. The lowest BCUT2D eigenvalue weighted by atomic mass is 9.99. The molecule has 1 aromatic carbocycles. The van der Waals surface area contributed by atoms with Crippen molar-refractivity contribution in [2.75, 3.05) is 17.2 Å². The van der Waals surface area contributed by atoms with Crippen LogP contribution < -0.4 is 15.4 Å². The number of nitrogens with one attached hydrogen (secondary N) is 2. The fourth-order valence-corrected chi connectivity index (χ4v) is 5.15. The molecule has 0 unspecified atom stereocenters. The molecule has 2 N–H and O–H groups in total. The smallest absolute Gasteiger partial charge is 0.412 e. The summed E-state index contributed by atoms with van der Waals surface area (Å²) in [7, 11) is 0. The third-order valence-electron chi connectivity index (χ3n) is 7.13. The Morgan fingerprint density at radius 2 is 1.80 bits per heavy atom. The van der Waals surface area contributed by atoms with Crippen molar-refractivity contribution in [2.45, 2.75) is 86.1 Å². The first-order chi connectivity index (χ1) is 21.2. The minimum atomic E-state index is -0.805. The Morgan fingerprint density at radius 1 is 1.04 bits per heavy atom. The molecule has 238 valence electrons. The second kappa shape index (κ2) is 12.3. The molecule has 0 saturated heterocycles. The van der Waals surface area contributed by atoms with Gasteiger partial charge in [-0.1, -0.05) is 0 Å². The van der Waals surface area contributed by atoms with E-state index in [-0.39, 0.29) is 41.9 Å². The Kier molecular flexibility index (Phi) is 8.63. The predicted octanol–water partition coefficient (Wildman–Crippen LogP) is 6.01. The lowest BCUT2D eigenvalue weighted by molar-refractivity contribution is -0.133. The number of fused-ring (bicyclic) bond motifs is 2. The number of ether oxygens (including phenoxy) is 2. The van der Waals surface area contributed by atoms with E-state index in [1.54, 1.807) is 44.5 Å². The van der Waals surface area contributed by atoms with Gasteiger partial charge in [-0.2, -0.15) is 10.1 Å². The monoisotopic (exact) mass is 618 g/mol. The van der Waals surface area contributed by atoms with Crippen LogP contribution >= 0.6 is 0 Å². The van der Waals surface area contributed by atoms with Gasteiger partial charge in [0.1, 0.15) is 18.0 Å². The first kappa shape index (κ1) is 31.6. The van der Waals surface area contributed by atoms with E-state index in [2.05, 4.69) is 30.7 Å². The van der Waals surface area contributed by atoms with Crippen LogP contribution in [0.3, 0.4) is 0 Å². The summed E-state index contributed by atoms with van der Waals surface area (Å²) in [6.07, 6.45) is 2.72. The first-order valence-corrected chi connectivity index (χ1v) is 14.9. The van der Waals surface area contributed by atoms with Gasteiger partial charge in [0.2, 0.25) is 5.91 Å². The van der Waals surface area contributed by atoms with Gasteiger partial charge in [0.25, 0.3) is 0 Å². The average molecular weight is 619 g/mol. The highest BCUT2D eigenvalue weighted by atomic mass is 19.1. The van der Waals surface area contributed by atoms with Crippen molar-refractivity contribution in [3.8, 4) is 17.1 Å². The van der Waals surface area contributed by atoms with Crippen LogP contribution in [0.15, 0.2) is 30.6 Å². The Balaban J connectivity index is 1.53. The van der Waals surface area contributed by atoms with Crippen LogP contribution in [0.4, 0.5) is 26.5 Å². The number of carbonyl (C=O) groups excluding carboxylic acids is 2. The molecular formula is C32H39FN8O4. The fourth-order valence-electron chi connectivity index (χ4n) is 5.15. The van der Waals surface area contributed by atoms with Crippen LogP contribution in [0.1, 0.15) is 59.9 Å². The fraction of sp³-hybridized carbons (Fsp3) is 0.438. The van der Waals surface area contributed by atoms with Gasteiger partial charge >= 0.3 is 12.1 Å². The highest BCUT2D eigenvalue weighted by Crippen LogP contribution is 2.37. The summed E-state index contributed by atoms with van der Waals surface area (Å²) in [5.41, 5.74) is 1.17. The molecule has 1 aliphatic rings. The number of hydrogen-bond acceptors (Lipinski definition) is 9. The Morgan fingerprint density at radius 3 is 2.47 bits per heavy atom. The van der Waals surface area contributed by atoms with E-state index < -0.39 is 17.5 Å². The second-order valence-corrected chi connectivity index (χ2v) is 12.6. The summed E-state index contributed by atoms with van der Waals surface area (Å²) in [5, 5.41) is 11.3. The van der Waals surface area contributed by atoms with Crippen LogP contribution in [0, 0.1) is 12.7 Å². The standard InChI is InChI=1S/C32H39FN8O4/c1-17(2)40-10-9-21-13-26(39-41(21)16-27(40)42)37-25-12-20-11-22(23-14-35-30(36-19(23)5)44-18(3)4)28(33)29(24(20)15-34-25)38-31(43)45-32(6,7)8/h11-15,17-18H,9-10,16H2,1-8H3,(H,38,43)(H,34,37,39). The van der Waals surface area contributed by atoms with Crippen molar-refractivity contribution >= 4 is 40.1 Å². The van der Waals surface area contributed by atoms with E-state index >= 15 is 4.39 Å². The van der Waals surface area contributed by atoms with Crippen LogP contribution in [0.2, 0.25) is 0 Å². The Bertz CT molecular complexity index is 1760. The normalized spacial score (nSPS) is 13.7. The number of rotatable bonds is 7. The van der Waals surface area contributed by atoms with Gasteiger partial charge in [0, 0.05) is 59.7 Å². The predicted molar refractivity (Wildman–Crippen MR) is 169 cm³/mol. The molecule has 0 aliphatic carbocycles. The summed E-state index contributed by atoms with van der Waals surface area (Å²) >= 11 is 0. The summed E-state index contributed by atoms with van der Waals surface area (Å²) in [4.78, 5) is 40.5. The van der Waals surface area contributed by atoms with Crippen molar-refractivity contribution < 1.29 is 23.5 Å². The molecule has 13 heteroatoms. The quantitative estimate of drug-likeness (QED) is 0.255. The van der Waals surface area contributed by atoms with Crippen molar-refractivity contribution in [1.82, 2.24) is 29.6 Å². The number of aryl methyl sites for hydroxylation is 1. The molecule has 0 bridgehead atoms. The molecule has 0 atom stereocenters. The van der Waals surface area contributed by atoms with E-state index in [4.69, 9.17) is 9.47 Å². The zero-order chi connectivity index (χ0) is 32.6. The van der Waals surface area contributed by atoms with E-state index in [1.165, 1.54) is 12.4 Å². The minimum Gasteiger partial charge on any atom is -0.461 e. The number of halogens is 1. The lowest BCUT2D eigenvalue weighted by Crippen LogP contribution is -2.38. The van der Waals surface area contributed by atoms with Crippen molar-refractivity contribution in [3.05, 3.63) is 47.8 Å². The Hall–Kier alpha value is -4.81. The lowest BCUT2D eigenvalue weighted by Gasteiger charge is -2.24. The van der Waals surface area contributed by atoms with Crippen molar-refractivity contribution in [2.24, 2.45) is 0 Å². The van der Waals surface area contributed by atoms with E-state index in [9.17, 15) is 9.59 Å². The van der Waals surface area contributed by atoms with E-state index in [1.807, 2.05) is 38.7 Å². The summed E-state index contributed by atoms with van der Waals surface area (Å²) in [6, 6.07) is 5.60. The SMILES string of the molecule is Cc1nc(OC(C)C)ncc1-c1cc2cc(Nc3cc4n(n3)CC(=O)N(C(C)C)CC4)ncc2c(NC(=O)OC(C)(C)C)c1F. The maximum atomic E-state index is 16.2. The largest absolute Gasteiger partial charge is 0.461 e. The van der Waals surface area contributed by atoms with Gasteiger partial charge in [-0.15, -0.1) is 0 Å². The molecular weight excluding hydrogens is 579 g/mol. The van der Waals surface area contributed by atoms with Gasteiger partial charge in [-0.25, -0.2) is 19.2 Å². The topological polar surface area (TPSA) is 136 Å². The van der Waals surface area contributed by atoms with Crippen LogP contribution in [0.5, 0.6) is 6.01 Å². The van der Waals surface area contributed by atoms with Crippen LogP contribution in [-0.4, -0.2) is 65.9 Å². The molecule has 45 heavy (non-hydrogen) atoms. The number of amides is 2. The number of aromatic nitrogens is 5. The molecule has 12 nitrogen and oxygen atoms in total. The summed E-state index contributed by atoms with van der Waals surface area (Å²) < 4.78 is 29.0. The molecule has 0 spiro atoms. The number of benzene rings is 1. The molecule has 4 heterocycles. The third kappa shape index (κ3) is 7.13. The highest BCUT2D eigenvalue weighted by Gasteiger charge is 2.25. The zero-order valence-electron chi connectivity index (χ0n) is 26.9. The highest BCUT2D eigenvalue weighted by molar-refractivity contribution is 6.03. The maximum Gasteiger partial charge on any atom is 0.412 e. The molecule has 3 aromatic heterocycles. The molecule has 0 saturated carbocycles. The summed E-state index contributed by atoms with van der Waals surface area (Å²) in [6.45, 7) is 15.4. The van der Waals surface area contributed by atoms with Gasteiger partial charge in [-0.05, 0) is 72.9 Å². The first-order valence-electron chi connectivity index (χ1n) is 14.9. The molecule has 0 fully saturated rings. The zero-order valence-corrected chi connectivity index (χ0v) is 26.9. The van der Waals surface area contributed by atoms with Gasteiger partial charge in [-0.3, -0.25) is 14.8 Å². The Labute approximate surface area is 261 Å². The van der Waals surface area contributed by atoms with Gasteiger partial charge in [0.15, 0.2) is 11.6 Å². The van der Waals surface area contributed by atoms with E-state index in [0.29, 0.717) is 46.6 Å². The number of anilines is 3. The van der Waals surface area contributed by atoms with Gasteiger partial charge in [0.05, 0.1) is 17.5 Å². The van der Waals surface area contributed by atoms with E-state index in [0.717, 1.165) is 5.69 Å². The van der Waals surface area contributed by atoms with Crippen molar-refractivity contribution in [3.63, 3.8) is 0 Å². The third-order valence-corrected chi connectivity index (χ3v) is 7.13. The number of carbonyl (C=O) groups is 2. The van der Waals surface area contributed by atoms with Crippen LogP contribution in [-0.2, 0) is 22.5 Å². The molecule has 1 aliphatic heterocycles. The second-order valence-electron chi connectivity index (χ2n) is 12.6. The van der Waals surface area contributed by atoms with Gasteiger partial charge < -0.3 is 19.7 Å².